The Bertz CT molecular complexity index is 732. The average molecular weight is 344 g/mol. The summed E-state index contributed by atoms with van der Waals surface area (Å²) in [6.07, 6.45) is 2.08. The highest BCUT2D eigenvalue weighted by Crippen LogP contribution is 2.20. The molecule has 0 spiro atoms. The fraction of sp³-hybridized carbons (Fsp3) is 0.611. The fourth-order valence-electron chi connectivity index (χ4n) is 3.18. The fourth-order valence-corrected chi connectivity index (χ4v) is 3.18. The maximum atomic E-state index is 5.70. The van der Waals surface area contributed by atoms with Crippen molar-refractivity contribution in [3.05, 3.63) is 35.3 Å². The number of nitrogens with one attached hydrogen (secondary N) is 2. The Kier molecular flexibility index (Phi) is 5.40. The van der Waals surface area contributed by atoms with Crippen molar-refractivity contribution in [2.45, 2.75) is 53.1 Å². The van der Waals surface area contributed by atoms with Gasteiger partial charge in [-0.05, 0) is 52.2 Å². The van der Waals surface area contributed by atoms with E-state index in [4.69, 9.17) is 9.41 Å². The highest BCUT2D eigenvalue weighted by molar-refractivity contribution is 5.80. The van der Waals surface area contributed by atoms with Gasteiger partial charge in [0.15, 0.2) is 5.96 Å². The topological polar surface area (TPSA) is 80.3 Å². The number of guanidine groups is 1. The van der Waals surface area contributed by atoms with Gasteiger partial charge in [0.05, 0.1) is 6.04 Å². The SMILES string of the molecule is CCNC(=NCC1CCc2nnc(C)n2C1)NC(C)c1ccc(C)o1. The van der Waals surface area contributed by atoms with Gasteiger partial charge in [-0.25, -0.2) is 0 Å². The van der Waals surface area contributed by atoms with Crippen LogP contribution in [0.5, 0.6) is 0 Å². The lowest BCUT2D eigenvalue weighted by Crippen LogP contribution is -2.39. The van der Waals surface area contributed by atoms with Crippen molar-refractivity contribution in [1.82, 2.24) is 25.4 Å². The van der Waals surface area contributed by atoms with Crippen molar-refractivity contribution in [2.24, 2.45) is 10.9 Å². The molecule has 2 unspecified atom stereocenters. The van der Waals surface area contributed by atoms with E-state index in [-0.39, 0.29) is 6.04 Å². The predicted molar refractivity (Wildman–Crippen MR) is 97.5 cm³/mol. The molecule has 7 nitrogen and oxygen atoms in total. The van der Waals surface area contributed by atoms with Crippen molar-refractivity contribution < 1.29 is 4.42 Å². The Morgan fingerprint density at radius 2 is 2.24 bits per heavy atom. The molecule has 2 aromatic heterocycles. The van der Waals surface area contributed by atoms with Gasteiger partial charge in [0, 0.05) is 26.1 Å². The second-order valence-corrected chi connectivity index (χ2v) is 6.71. The van der Waals surface area contributed by atoms with E-state index in [1.165, 1.54) is 0 Å². The van der Waals surface area contributed by atoms with Crippen LogP contribution in [0, 0.1) is 19.8 Å². The molecule has 0 aromatic carbocycles. The predicted octanol–water partition coefficient (Wildman–Crippen LogP) is 2.37. The third-order valence-corrected chi connectivity index (χ3v) is 4.62. The Hall–Kier alpha value is -2.31. The molecule has 3 heterocycles. The average Bonchev–Trinajstić information content (AvgIpc) is 3.19. The molecule has 0 fully saturated rings. The van der Waals surface area contributed by atoms with Crippen LogP contribution in [-0.2, 0) is 13.0 Å². The van der Waals surface area contributed by atoms with E-state index < -0.39 is 0 Å². The Balaban J connectivity index is 1.61. The van der Waals surface area contributed by atoms with Crippen LogP contribution in [-0.4, -0.2) is 33.8 Å². The smallest absolute Gasteiger partial charge is 0.191 e. The first kappa shape index (κ1) is 17.5. The second kappa shape index (κ2) is 7.72. The molecule has 0 saturated carbocycles. The first-order valence-electron chi connectivity index (χ1n) is 9.06. The lowest BCUT2D eigenvalue weighted by molar-refractivity contribution is 0.369. The van der Waals surface area contributed by atoms with Crippen LogP contribution in [0.1, 0.15) is 49.5 Å². The molecule has 2 N–H and O–H groups in total. The summed E-state index contributed by atoms with van der Waals surface area (Å²) in [7, 11) is 0. The van der Waals surface area contributed by atoms with Crippen molar-refractivity contribution in [1.29, 1.82) is 0 Å². The minimum absolute atomic E-state index is 0.0737. The van der Waals surface area contributed by atoms with Crippen molar-refractivity contribution in [3.63, 3.8) is 0 Å². The number of furan rings is 1. The van der Waals surface area contributed by atoms with E-state index in [1.54, 1.807) is 0 Å². The zero-order valence-electron chi connectivity index (χ0n) is 15.5. The van der Waals surface area contributed by atoms with Crippen LogP contribution >= 0.6 is 0 Å². The number of nitrogens with zero attached hydrogens (tertiary/aromatic N) is 4. The summed E-state index contributed by atoms with van der Waals surface area (Å²) >= 11 is 0. The molecular weight excluding hydrogens is 316 g/mol. The van der Waals surface area contributed by atoms with Crippen LogP contribution in [0.15, 0.2) is 21.5 Å². The Morgan fingerprint density at radius 3 is 2.96 bits per heavy atom. The molecule has 0 radical (unpaired) electrons. The lowest BCUT2D eigenvalue weighted by atomic mass is 9.99. The normalized spacial score (nSPS) is 18.7. The van der Waals surface area contributed by atoms with Crippen LogP contribution < -0.4 is 10.6 Å². The Labute approximate surface area is 148 Å². The second-order valence-electron chi connectivity index (χ2n) is 6.71. The molecular formula is C18H28N6O. The van der Waals surface area contributed by atoms with E-state index in [1.807, 2.05) is 26.0 Å². The number of fused-ring (bicyclic) bond motifs is 1. The summed E-state index contributed by atoms with van der Waals surface area (Å²) in [6, 6.07) is 4.07. The zero-order chi connectivity index (χ0) is 17.8. The Morgan fingerprint density at radius 1 is 1.40 bits per heavy atom. The maximum absolute atomic E-state index is 5.70. The van der Waals surface area contributed by atoms with Gasteiger partial charge in [0.2, 0.25) is 0 Å². The van der Waals surface area contributed by atoms with Crippen LogP contribution in [0.3, 0.4) is 0 Å². The lowest BCUT2D eigenvalue weighted by Gasteiger charge is -2.23. The van der Waals surface area contributed by atoms with Crippen molar-refractivity contribution in [3.8, 4) is 0 Å². The van der Waals surface area contributed by atoms with Gasteiger partial charge >= 0.3 is 0 Å². The van der Waals surface area contributed by atoms with Gasteiger partial charge in [0.25, 0.3) is 0 Å². The number of aromatic nitrogens is 3. The van der Waals surface area contributed by atoms with Gasteiger partial charge in [-0.15, -0.1) is 10.2 Å². The van der Waals surface area contributed by atoms with E-state index >= 15 is 0 Å². The minimum atomic E-state index is 0.0737. The molecule has 0 saturated heterocycles. The monoisotopic (exact) mass is 344 g/mol. The minimum Gasteiger partial charge on any atom is -0.464 e. The van der Waals surface area contributed by atoms with E-state index in [0.717, 1.165) is 61.6 Å². The molecule has 2 aromatic rings. The first-order chi connectivity index (χ1) is 12.1. The molecule has 0 amide bonds. The summed E-state index contributed by atoms with van der Waals surface area (Å²) in [5, 5.41) is 15.2. The quantitative estimate of drug-likeness (QED) is 0.643. The summed E-state index contributed by atoms with van der Waals surface area (Å²) in [6.45, 7) is 10.7. The largest absolute Gasteiger partial charge is 0.464 e. The molecule has 0 bridgehead atoms. The molecule has 1 aliphatic rings. The van der Waals surface area contributed by atoms with Gasteiger partial charge in [-0.1, -0.05) is 0 Å². The van der Waals surface area contributed by atoms with E-state index in [9.17, 15) is 0 Å². The van der Waals surface area contributed by atoms with Gasteiger partial charge in [-0.3, -0.25) is 4.99 Å². The third-order valence-electron chi connectivity index (χ3n) is 4.62. The zero-order valence-corrected chi connectivity index (χ0v) is 15.5. The van der Waals surface area contributed by atoms with Crippen molar-refractivity contribution >= 4 is 5.96 Å². The molecule has 25 heavy (non-hydrogen) atoms. The van der Waals surface area contributed by atoms with Crippen LogP contribution in [0.4, 0.5) is 0 Å². The van der Waals surface area contributed by atoms with Crippen molar-refractivity contribution in [2.75, 3.05) is 13.1 Å². The number of rotatable bonds is 5. The van der Waals surface area contributed by atoms with Crippen LogP contribution in [0.2, 0.25) is 0 Å². The van der Waals surface area contributed by atoms with E-state index in [0.29, 0.717) is 5.92 Å². The standard InChI is InChI=1S/C18H28N6O/c1-5-19-18(21-13(3)16-8-6-12(2)25-16)20-10-15-7-9-17-23-22-14(4)24(17)11-15/h6,8,13,15H,5,7,9-11H2,1-4H3,(H2,19,20,21). The highest BCUT2D eigenvalue weighted by atomic mass is 16.3. The molecule has 136 valence electrons. The number of aryl methyl sites for hydroxylation is 3. The number of hydrogen-bond acceptors (Lipinski definition) is 4. The van der Waals surface area contributed by atoms with Gasteiger partial charge in [0.1, 0.15) is 23.2 Å². The highest BCUT2D eigenvalue weighted by Gasteiger charge is 2.21. The number of aliphatic imine (C=N–C) groups is 1. The summed E-state index contributed by atoms with van der Waals surface area (Å²) in [5.41, 5.74) is 0. The van der Waals surface area contributed by atoms with Gasteiger partial charge in [-0.2, -0.15) is 0 Å². The van der Waals surface area contributed by atoms with Crippen LogP contribution in [0.25, 0.3) is 0 Å². The molecule has 3 rings (SSSR count). The van der Waals surface area contributed by atoms with E-state index in [2.05, 4.69) is 39.2 Å². The molecule has 0 aliphatic carbocycles. The molecule has 1 aliphatic heterocycles. The first-order valence-corrected chi connectivity index (χ1v) is 9.06. The maximum Gasteiger partial charge on any atom is 0.191 e. The molecule has 2 atom stereocenters. The summed E-state index contributed by atoms with van der Waals surface area (Å²) in [5.74, 6) is 5.28. The van der Waals surface area contributed by atoms with Gasteiger partial charge < -0.3 is 19.6 Å². The summed E-state index contributed by atoms with van der Waals surface area (Å²) in [4.78, 5) is 4.79. The third kappa shape index (κ3) is 4.21. The summed E-state index contributed by atoms with van der Waals surface area (Å²) < 4.78 is 7.92. The molecule has 7 heteroatoms. The number of hydrogen-bond donors (Lipinski definition) is 2.